The van der Waals surface area contributed by atoms with Gasteiger partial charge in [0.25, 0.3) is 0 Å². The van der Waals surface area contributed by atoms with Gasteiger partial charge >= 0.3 is 6.18 Å². The van der Waals surface area contributed by atoms with Crippen LogP contribution in [0.2, 0.25) is 0 Å². The van der Waals surface area contributed by atoms with Crippen LogP contribution >= 0.6 is 0 Å². The summed E-state index contributed by atoms with van der Waals surface area (Å²) in [7, 11) is 0. The van der Waals surface area contributed by atoms with Crippen molar-refractivity contribution in [3.05, 3.63) is 23.8 Å². The summed E-state index contributed by atoms with van der Waals surface area (Å²) in [5, 5.41) is 0. The second-order valence-corrected chi connectivity index (χ2v) is 4.96. The van der Waals surface area contributed by atoms with Crippen molar-refractivity contribution in [2.75, 3.05) is 23.7 Å². The molecule has 0 aromatic heterocycles. The number of benzene rings is 1. The second kappa shape index (κ2) is 5.22. The first-order chi connectivity index (χ1) is 9.29. The first kappa shape index (κ1) is 14.5. The van der Waals surface area contributed by atoms with Gasteiger partial charge in [0.05, 0.1) is 22.9 Å². The van der Waals surface area contributed by atoms with E-state index < -0.39 is 11.7 Å². The third-order valence-electron chi connectivity index (χ3n) is 3.52. The van der Waals surface area contributed by atoms with Crippen LogP contribution in [-0.4, -0.2) is 19.0 Å². The number of halogens is 3. The summed E-state index contributed by atoms with van der Waals surface area (Å²) in [5.41, 5.74) is 10.8. The van der Waals surface area contributed by atoms with E-state index in [0.29, 0.717) is 25.2 Å². The number of anilines is 2. The molecule has 1 aliphatic heterocycles. The molecule has 1 aromatic rings. The van der Waals surface area contributed by atoms with E-state index in [4.69, 9.17) is 11.5 Å². The average molecular weight is 287 g/mol. The molecule has 0 saturated carbocycles. The van der Waals surface area contributed by atoms with Gasteiger partial charge in [-0.15, -0.1) is 0 Å². The van der Waals surface area contributed by atoms with Crippen LogP contribution in [0.25, 0.3) is 0 Å². The Labute approximate surface area is 114 Å². The Kier molecular flexibility index (Phi) is 3.78. The van der Waals surface area contributed by atoms with E-state index in [1.54, 1.807) is 0 Å². The van der Waals surface area contributed by atoms with Crippen molar-refractivity contribution in [3.63, 3.8) is 0 Å². The summed E-state index contributed by atoms with van der Waals surface area (Å²) in [6, 6.07) is 3.27. The normalized spacial score (nSPS) is 19.9. The van der Waals surface area contributed by atoms with Crippen molar-refractivity contribution in [2.24, 2.45) is 11.7 Å². The fraction of sp³-hybridized carbons (Fsp3) is 0.462. The zero-order chi connectivity index (χ0) is 14.9. The minimum absolute atomic E-state index is 0.0601. The number of nitrogens with zero attached hydrogens (tertiary/aromatic N) is 1. The molecule has 0 aliphatic carbocycles. The fourth-order valence-electron chi connectivity index (χ4n) is 2.45. The Hall–Kier alpha value is -1.92. The van der Waals surface area contributed by atoms with Gasteiger partial charge in [-0.25, -0.2) is 0 Å². The first-order valence-electron chi connectivity index (χ1n) is 6.30. The summed E-state index contributed by atoms with van der Waals surface area (Å²) in [6.07, 6.45) is -2.95. The quantitative estimate of drug-likeness (QED) is 0.817. The van der Waals surface area contributed by atoms with Gasteiger partial charge in [0.15, 0.2) is 0 Å². The summed E-state index contributed by atoms with van der Waals surface area (Å²) in [6.45, 7) is 1.05. The van der Waals surface area contributed by atoms with E-state index in [1.807, 2.05) is 4.90 Å². The number of hydrogen-bond donors (Lipinski definition) is 2. The summed E-state index contributed by atoms with van der Waals surface area (Å²) < 4.78 is 37.7. The molecule has 1 amide bonds. The number of amides is 1. The minimum atomic E-state index is -4.41. The molecule has 1 aromatic carbocycles. The van der Waals surface area contributed by atoms with E-state index in [-0.39, 0.29) is 17.5 Å². The van der Waals surface area contributed by atoms with Crippen LogP contribution in [-0.2, 0) is 11.0 Å². The number of alkyl halides is 3. The Morgan fingerprint density at radius 1 is 1.35 bits per heavy atom. The first-order valence-corrected chi connectivity index (χ1v) is 6.30. The van der Waals surface area contributed by atoms with Crippen molar-refractivity contribution < 1.29 is 18.0 Å². The van der Waals surface area contributed by atoms with Crippen LogP contribution in [0.4, 0.5) is 24.5 Å². The lowest BCUT2D eigenvalue weighted by Crippen LogP contribution is -2.41. The molecule has 20 heavy (non-hydrogen) atoms. The highest BCUT2D eigenvalue weighted by atomic mass is 19.4. The van der Waals surface area contributed by atoms with Gasteiger partial charge in [-0.05, 0) is 31.0 Å². The lowest BCUT2D eigenvalue weighted by atomic mass is 9.96. The molecule has 1 atom stereocenters. The SMILES string of the molecule is NC(=O)C1CCCN(c2ccc(C(F)(F)F)cc2N)C1. The molecule has 110 valence electrons. The molecule has 0 bridgehead atoms. The largest absolute Gasteiger partial charge is 0.416 e. The van der Waals surface area contributed by atoms with Crippen LogP contribution in [0.15, 0.2) is 18.2 Å². The number of piperidine rings is 1. The maximum absolute atomic E-state index is 12.6. The lowest BCUT2D eigenvalue weighted by molar-refractivity contribution is -0.137. The molecule has 4 N–H and O–H groups in total. The van der Waals surface area contributed by atoms with E-state index in [9.17, 15) is 18.0 Å². The maximum atomic E-state index is 12.6. The molecule has 1 unspecified atom stereocenters. The van der Waals surface area contributed by atoms with E-state index in [0.717, 1.165) is 18.6 Å². The Bertz CT molecular complexity index is 516. The summed E-state index contributed by atoms with van der Waals surface area (Å²) in [4.78, 5) is 13.0. The Morgan fingerprint density at radius 2 is 2.05 bits per heavy atom. The Balaban J connectivity index is 2.23. The topological polar surface area (TPSA) is 72.4 Å². The number of carbonyl (C=O) groups excluding carboxylic acids is 1. The number of nitrogens with two attached hydrogens (primary N) is 2. The molecule has 7 heteroatoms. The highest BCUT2D eigenvalue weighted by Crippen LogP contribution is 2.35. The molecule has 4 nitrogen and oxygen atoms in total. The summed E-state index contributed by atoms with van der Waals surface area (Å²) in [5.74, 6) is -0.675. The third-order valence-corrected chi connectivity index (χ3v) is 3.52. The molecular weight excluding hydrogens is 271 g/mol. The fourth-order valence-corrected chi connectivity index (χ4v) is 2.45. The maximum Gasteiger partial charge on any atom is 0.416 e. The summed E-state index contributed by atoms with van der Waals surface area (Å²) >= 11 is 0. The number of hydrogen-bond acceptors (Lipinski definition) is 3. The number of primary amides is 1. The second-order valence-electron chi connectivity index (χ2n) is 4.96. The van der Waals surface area contributed by atoms with Crippen LogP contribution in [0.1, 0.15) is 18.4 Å². The standard InChI is InChI=1S/C13H16F3N3O/c14-13(15,16)9-3-4-11(10(17)6-9)19-5-1-2-8(7-19)12(18)20/h3-4,6,8H,1-2,5,7,17H2,(H2,18,20). The van der Waals surface area contributed by atoms with Crippen LogP contribution < -0.4 is 16.4 Å². The van der Waals surface area contributed by atoms with Gasteiger partial charge in [-0.2, -0.15) is 13.2 Å². The van der Waals surface area contributed by atoms with Gasteiger partial charge in [0, 0.05) is 13.1 Å². The molecule has 0 spiro atoms. The highest BCUT2D eigenvalue weighted by Gasteiger charge is 2.32. The molecule has 1 heterocycles. The molecule has 1 aliphatic rings. The zero-order valence-electron chi connectivity index (χ0n) is 10.8. The lowest BCUT2D eigenvalue weighted by Gasteiger charge is -2.33. The van der Waals surface area contributed by atoms with Crippen LogP contribution in [0.3, 0.4) is 0 Å². The van der Waals surface area contributed by atoms with Gasteiger partial charge in [-0.1, -0.05) is 0 Å². The number of carbonyl (C=O) groups is 1. The van der Waals surface area contributed by atoms with Crippen LogP contribution in [0.5, 0.6) is 0 Å². The van der Waals surface area contributed by atoms with Gasteiger partial charge in [-0.3, -0.25) is 4.79 Å². The average Bonchev–Trinajstić information content (AvgIpc) is 2.37. The minimum Gasteiger partial charge on any atom is -0.397 e. The highest BCUT2D eigenvalue weighted by molar-refractivity contribution is 5.78. The molecule has 2 rings (SSSR count). The predicted molar refractivity (Wildman–Crippen MR) is 70.0 cm³/mol. The van der Waals surface area contributed by atoms with E-state index in [2.05, 4.69) is 0 Å². The Morgan fingerprint density at radius 3 is 2.60 bits per heavy atom. The number of nitrogen functional groups attached to an aromatic ring is 1. The van der Waals surface area contributed by atoms with Crippen molar-refractivity contribution in [2.45, 2.75) is 19.0 Å². The van der Waals surface area contributed by atoms with Crippen molar-refractivity contribution >= 4 is 17.3 Å². The monoisotopic (exact) mass is 287 g/mol. The third kappa shape index (κ3) is 2.97. The van der Waals surface area contributed by atoms with Crippen molar-refractivity contribution in [3.8, 4) is 0 Å². The predicted octanol–water partition coefficient (Wildman–Crippen LogP) is 1.99. The van der Waals surface area contributed by atoms with Crippen LogP contribution in [0, 0.1) is 5.92 Å². The van der Waals surface area contributed by atoms with Crippen molar-refractivity contribution in [1.82, 2.24) is 0 Å². The molecule has 1 fully saturated rings. The number of rotatable bonds is 2. The van der Waals surface area contributed by atoms with E-state index in [1.165, 1.54) is 6.07 Å². The molecular formula is C13H16F3N3O. The van der Waals surface area contributed by atoms with Gasteiger partial charge in [0.1, 0.15) is 0 Å². The van der Waals surface area contributed by atoms with E-state index >= 15 is 0 Å². The molecule has 0 radical (unpaired) electrons. The smallest absolute Gasteiger partial charge is 0.397 e. The zero-order valence-corrected chi connectivity index (χ0v) is 10.8. The van der Waals surface area contributed by atoms with Gasteiger partial charge < -0.3 is 16.4 Å². The van der Waals surface area contributed by atoms with Crippen molar-refractivity contribution in [1.29, 1.82) is 0 Å². The van der Waals surface area contributed by atoms with Gasteiger partial charge in [0.2, 0.25) is 5.91 Å². The molecule has 1 saturated heterocycles.